The first-order valence-corrected chi connectivity index (χ1v) is 10.2. The topological polar surface area (TPSA) is 72.4 Å². The normalized spacial score (nSPS) is 14.1. The van der Waals surface area contributed by atoms with Crippen molar-refractivity contribution in [2.24, 2.45) is 0 Å². The number of fused-ring (bicyclic) bond motifs is 1. The molecule has 0 bridgehead atoms. The van der Waals surface area contributed by atoms with Crippen LogP contribution in [0.3, 0.4) is 0 Å². The lowest BCUT2D eigenvalue weighted by Gasteiger charge is -2.11. The zero-order valence-electron chi connectivity index (χ0n) is 15.3. The van der Waals surface area contributed by atoms with Crippen LogP contribution in [0, 0.1) is 6.92 Å². The van der Waals surface area contributed by atoms with E-state index in [0.717, 1.165) is 22.9 Å². The van der Waals surface area contributed by atoms with Crippen molar-refractivity contribution in [2.45, 2.75) is 32.8 Å². The number of para-hydroxylation sites is 1. The van der Waals surface area contributed by atoms with Crippen molar-refractivity contribution in [3.8, 4) is 0 Å². The number of benzene rings is 1. The minimum absolute atomic E-state index is 0.00491. The molecule has 0 unspecified atom stereocenters. The third kappa shape index (κ3) is 3.72. The molecule has 0 N–H and O–H groups in total. The highest BCUT2D eigenvalue weighted by Crippen LogP contribution is 2.28. The molecule has 144 valence electrons. The highest BCUT2D eigenvalue weighted by molar-refractivity contribution is 7.14. The van der Waals surface area contributed by atoms with Crippen LogP contribution < -0.4 is 4.90 Å². The number of ether oxygens (including phenoxy) is 1. The lowest BCUT2D eigenvalue weighted by atomic mass is 10.1. The summed E-state index contributed by atoms with van der Waals surface area (Å²) in [6.45, 7) is 2.61. The van der Waals surface area contributed by atoms with Gasteiger partial charge in [-0.2, -0.15) is 0 Å². The number of hydrogen-bond donors (Lipinski definition) is 0. The highest BCUT2D eigenvalue weighted by Gasteiger charge is 2.24. The fourth-order valence-corrected chi connectivity index (χ4v) is 4.28. The van der Waals surface area contributed by atoms with Gasteiger partial charge in [-0.1, -0.05) is 29.8 Å². The monoisotopic (exact) mass is 415 g/mol. The number of aromatic nitrogens is 2. The largest absolute Gasteiger partial charge is 0.459 e. The van der Waals surface area contributed by atoms with Crippen molar-refractivity contribution in [1.82, 2.24) is 9.97 Å². The van der Waals surface area contributed by atoms with Crippen LogP contribution in [0.1, 0.15) is 29.8 Å². The first-order chi connectivity index (χ1) is 13.5. The Balaban J connectivity index is 1.41. The fourth-order valence-electron chi connectivity index (χ4n) is 3.21. The van der Waals surface area contributed by atoms with Gasteiger partial charge in [0.05, 0.1) is 28.3 Å². The van der Waals surface area contributed by atoms with Crippen molar-refractivity contribution in [3.63, 3.8) is 0 Å². The van der Waals surface area contributed by atoms with Gasteiger partial charge in [-0.25, -0.2) is 9.97 Å². The molecule has 2 aromatic heterocycles. The molecule has 1 aliphatic heterocycles. The summed E-state index contributed by atoms with van der Waals surface area (Å²) in [7, 11) is 0. The van der Waals surface area contributed by atoms with E-state index < -0.39 is 5.97 Å². The smallest absolute Gasteiger partial charge is 0.312 e. The average Bonchev–Trinajstić information content (AvgIpc) is 3.32. The van der Waals surface area contributed by atoms with Gasteiger partial charge in [0.25, 0.3) is 0 Å². The van der Waals surface area contributed by atoms with Crippen molar-refractivity contribution in [3.05, 3.63) is 51.6 Å². The van der Waals surface area contributed by atoms with E-state index in [2.05, 4.69) is 9.97 Å². The van der Waals surface area contributed by atoms with Crippen LogP contribution in [0.5, 0.6) is 0 Å². The number of thiazole rings is 1. The van der Waals surface area contributed by atoms with Crippen molar-refractivity contribution >= 4 is 50.8 Å². The second-order valence-electron chi connectivity index (χ2n) is 6.62. The molecule has 1 saturated heterocycles. The molecule has 0 aliphatic carbocycles. The van der Waals surface area contributed by atoms with Gasteiger partial charge in [-0.3, -0.25) is 14.5 Å². The van der Waals surface area contributed by atoms with Crippen molar-refractivity contribution in [1.29, 1.82) is 0 Å². The Morgan fingerprint density at radius 2 is 2.14 bits per heavy atom. The van der Waals surface area contributed by atoms with Crippen LogP contribution >= 0.6 is 22.9 Å². The van der Waals surface area contributed by atoms with E-state index in [-0.39, 0.29) is 18.9 Å². The maximum Gasteiger partial charge on any atom is 0.312 e. The molecule has 1 aromatic carbocycles. The number of esters is 1. The predicted molar refractivity (Wildman–Crippen MR) is 109 cm³/mol. The van der Waals surface area contributed by atoms with E-state index in [1.165, 1.54) is 11.3 Å². The summed E-state index contributed by atoms with van der Waals surface area (Å²) in [5.74, 6) is -0.329. The Morgan fingerprint density at radius 3 is 2.93 bits per heavy atom. The van der Waals surface area contributed by atoms with Crippen molar-refractivity contribution < 1.29 is 14.3 Å². The lowest BCUT2D eigenvalue weighted by Crippen LogP contribution is -2.23. The number of carbonyl (C=O) groups is 2. The lowest BCUT2D eigenvalue weighted by molar-refractivity contribution is -0.144. The van der Waals surface area contributed by atoms with Gasteiger partial charge in [0.1, 0.15) is 6.61 Å². The summed E-state index contributed by atoms with van der Waals surface area (Å²) < 4.78 is 5.37. The number of anilines is 1. The highest BCUT2D eigenvalue weighted by atomic mass is 35.5. The third-order valence-corrected chi connectivity index (χ3v) is 6.10. The van der Waals surface area contributed by atoms with E-state index in [9.17, 15) is 9.59 Å². The van der Waals surface area contributed by atoms with Crippen LogP contribution in [0.15, 0.2) is 29.6 Å². The van der Waals surface area contributed by atoms with E-state index in [4.69, 9.17) is 16.3 Å². The molecule has 0 atom stereocenters. The molecular formula is C20H18ClN3O3S. The van der Waals surface area contributed by atoms with Crippen LogP contribution in [0.4, 0.5) is 5.13 Å². The van der Waals surface area contributed by atoms with Gasteiger partial charge in [-0.15, -0.1) is 11.3 Å². The zero-order chi connectivity index (χ0) is 19.7. The van der Waals surface area contributed by atoms with Crippen molar-refractivity contribution in [2.75, 3.05) is 11.4 Å². The molecule has 6 nitrogen and oxygen atoms in total. The standard InChI is InChI=1S/C20H18ClN3O3S/c1-12-14-5-2-3-6-15(14)23-16(19(12)21)10-27-18(26)9-13-11-28-20(22-13)24-8-4-7-17(24)25/h2-3,5-6,11H,4,7-10H2,1H3. The second-order valence-corrected chi connectivity index (χ2v) is 7.84. The minimum atomic E-state index is -0.409. The number of hydrogen-bond acceptors (Lipinski definition) is 6. The van der Waals surface area contributed by atoms with Crippen LogP contribution in [0.25, 0.3) is 10.9 Å². The molecular weight excluding hydrogens is 398 g/mol. The summed E-state index contributed by atoms with van der Waals surface area (Å²) in [6.07, 6.45) is 1.44. The molecule has 4 rings (SSSR count). The maximum atomic E-state index is 12.2. The summed E-state index contributed by atoms with van der Waals surface area (Å²) in [6, 6.07) is 7.71. The molecule has 0 spiro atoms. The van der Waals surface area contributed by atoms with Crippen LogP contribution in [0.2, 0.25) is 5.02 Å². The average molecular weight is 416 g/mol. The number of rotatable bonds is 5. The van der Waals surface area contributed by atoms with E-state index in [0.29, 0.717) is 34.5 Å². The van der Waals surface area contributed by atoms with Crippen LogP contribution in [-0.2, 0) is 27.4 Å². The molecule has 1 aliphatic rings. The number of pyridine rings is 1. The quantitative estimate of drug-likeness (QED) is 0.587. The number of carbonyl (C=O) groups excluding carboxylic acids is 2. The Labute approximate surface area is 171 Å². The fraction of sp³-hybridized carbons (Fsp3) is 0.300. The Morgan fingerprint density at radius 1 is 1.32 bits per heavy atom. The Kier molecular flexibility index (Phi) is 5.28. The van der Waals surface area contributed by atoms with Crippen LogP contribution in [-0.4, -0.2) is 28.4 Å². The first-order valence-electron chi connectivity index (χ1n) is 8.97. The second kappa shape index (κ2) is 7.85. The van der Waals surface area contributed by atoms with Gasteiger partial charge >= 0.3 is 5.97 Å². The molecule has 3 aromatic rings. The predicted octanol–water partition coefficient (Wildman–Crippen LogP) is 4.07. The van der Waals surface area contributed by atoms with E-state index >= 15 is 0 Å². The van der Waals surface area contributed by atoms with Gasteiger partial charge in [0.2, 0.25) is 5.91 Å². The third-order valence-electron chi connectivity index (χ3n) is 4.69. The maximum absolute atomic E-state index is 12.2. The van der Waals surface area contributed by atoms with Gasteiger partial charge in [0, 0.05) is 23.7 Å². The molecule has 0 radical (unpaired) electrons. The summed E-state index contributed by atoms with van der Waals surface area (Å²) in [5.41, 5.74) is 2.86. The molecule has 8 heteroatoms. The number of amides is 1. The first kappa shape index (κ1) is 18.8. The molecule has 0 saturated carbocycles. The van der Waals surface area contributed by atoms with E-state index in [1.807, 2.05) is 31.2 Å². The minimum Gasteiger partial charge on any atom is -0.459 e. The van der Waals surface area contributed by atoms with Gasteiger partial charge in [0.15, 0.2) is 5.13 Å². The summed E-state index contributed by atoms with van der Waals surface area (Å²) in [5, 5.41) is 3.91. The molecule has 1 fully saturated rings. The van der Waals surface area contributed by atoms with E-state index in [1.54, 1.807) is 10.3 Å². The number of aryl methyl sites for hydroxylation is 1. The molecule has 1 amide bonds. The Bertz CT molecular complexity index is 1070. The zero-order valence-corrected chi connectivity index (χ0v) is 16.8. The Hall–Kier alpha value is -2.51. The summed E-state index contributed by atoms with van der Waals surface area (Å²) >= 11 is 7.77. The number of halogens is 1. The molecule has 3 heterocycles. The van der Waals surface area contributed by atoms with Gasteiger partial charge in [-0.05, 0) is 25.0 Å². The number of nitrogens with zero attached hydrogens (tertiary/aromatic N) is 3. The van der Waals surface area contributed by atoms with Gasteiger partial charge < -0.3 is 4.74 Å². The summed E-state index contributed by atoms with van der Waals surface area (Å²) in [4.78, 5) is 34.6. The molecule has 28 heavy (non-hydrogen) atoms. The SMILES string of the molecule is Cc1c(Cl)c(COC(=O)Cc2csc(N3CCCC3=O)n2)nc2ccccc12.